The van der Waals surface area contributed by atoms with Gasteiger partial charge in [-0.15, -0.1) is 0 Å². The van der Waals surface area contributed by atoms with Crippen LogP contribution in [0.1, 0.15) is 22.3 Å². The van der Waals surface area contributed by atoms with Crippen molar-refractivity contribution in [1.29, 1.82) is 0 Å². The van der Waals surface area contributed by atoms with Crippen molar-refractivity contribution in [2.75, 3.05) is 13.2 Å². The zero-order valence-electron chi connectivity index (χ0n) is 11.7. The number of benzene rings is 1. The third-order valence-electron chi connectivity index (χ3n) is 3.21. The Morgan fingerprint density at radius 1 is 1.45 bits per heavy atom. The highest BCUT2D eigenvalue weighted by atomic mass is 16.8. The number of hydrogen-bond acceptors (Lipinski definition) is 6. The van der Waals surface area contributed by atoms with E-state index >= 15 is 0 Å². The fourth-order valence-electron chi connectivity index (χ4n) is 2.28. The van der Waals surface area contributed by atoms with E-state index in [1.807, 2.05) is 26.8 Å². The highest BCUT2D eigenvalue weighted by molar-refractivity contribution is 5.84. The second kappa shape index (κ2) is 5.81. The molecule has 108 valence electrons. The van der Waals surface area contributed by atoms with E-state index in [2.05, 4.69) is 5.16 Å². The molecule has 1 atom stereocenters. The van der Waals surface area contributed by atoms with Gasteiger partial charge in [0.1, 0.15) is 19.0 Å². The van der Waals surface area contributed by atoms with E-state index in [9.17, 15) is 4.79 Å². The smallest absolute Gasteiger partial charge is 0.489 e. The Hall–Kier alpha value is -2.24. The molecular weight excluding hydrogens is 262 g/mol. The molecule has 6 nitrogen and oxygen atoms in total. The predicted octanol–water partition coefficient (Wildman–Crippen LogP) is 2.33. The largest absolute Gasteiger partial charge is 0.508 e. The molecule has 1 heterocycles. The van der Waals surface area contributed by atoms with Crippen LogP contribution in [0.4, 0.5) is 4.79 Å². The van der Waals surface area contributed by atoms with Crippen LogP contribution < -0.4 is 4.74 Å². The summed E-state index contributed by atoms with van der Waals surface area (Å²) in [5, 5.41) is 11.8. The van der Waals surface area contributed by atoms with Crippen LogP contribution in [0.15, 0.2) is 11.2 Å². The summed E-state index contributed by atoms with van der Waals surface area (Å²) < 4.78 is 15.4. The highest BCUT2D eigenvalue weighted by Crippen LogP contribution is 2.28. The van der Waals surface area contributed by atoms with Gasteiger partial charge in [0, 0.05) is 11.1 Å². The average Bonchev–Trinajstić information content (AvgIpc) is 2.80. The summed E-state index contributed by atoms with van der Waals surface area (Å²) in [6.07, 6.45) is 0.331. The number of hydrogen-bond donors (Lipinski definition) is 1. The van der Waals surface area contributed by atoms with Gasteiger partial charge in [-0.1, -0.05) is 11.2 Å². The summed E-state index contributed by atoms with van der Waals surface area (Å²) in [4.78, 5) is 10.8. The molecule has 0 aliphatic carbocycles. The molecular formula is C14H17NO5. The van der Waals surface area contributed by atoms with Crippen molar-refractivity contribution in [2.45, 2.75) is 26.9 Å². The Balaban J connectivity index is 2.18. The van der Waals surface area contributed by atoms with Crippen LogP contribution in [0.2, 0.25) is 0 Å². The van der Waals surface area contributed by atoms with E-state index < -0.39 is 12.3 Å². The van der Waals surface area contributed by atoms with Crippen LogP contribution in [0.25, 0.3) is 0 Å². The average molecular weight is 279 g/mol. The van der Waals surface area contributed by atoms with Gasteiger partial charge in [0.15, 0.2) is 6.10 Å². The SMILES string of the molecule is Cc1cc(C)c(OCC2COC(=O)O2)c(C)c1C=NO. The zero-order valence-corrected chi connectivity index (χ0v) is 11.7. The maximum atomic E-state index is 10.8. The van der Waals surface area contributed by atoms with Gasteiger partial charge in [-0.05, 0) is 31.9 Å². The molecule has 0 aromatic heterocycles. The minimum atomic E-state index is -0.663. The van der Waals surface area contributed by atoms with Gasteiger partial charge in [0.2, 0.25) is 0 Å². The maximum absolute atomic E-state index is 10.8. The van der Waals surface area contributed by atoms with Crippen LogP contribution in [0.5, 0.6) is 5.75 Å². The minimum Gasteiger partial charge on any atom is -0.489 e. The lowest BCUT2D eigenvalue weighted by Crippen LogP contribution is -2.20. The maximum Gasteiger partial charge on any atom is 0.508 e. The molecule has 0 bridgehead atoms. The number of carbonyl (C=O) groups excluding carboxylic acids is 1. The molecule has 1 fully saturated rings. The molecule has 1 aliphatic heterocycles. The summed E-state index contributed by atoms with van der Waals surface area (Å²) in [5.41, 5.74) is 3.67. The summed E-state index contributed by atoms with van der Waals surface area (Å²) in [6.45, 7) is 6.20. The summed E-state index contributed by atoms with van der Waals surface area (Å²) in [7, 11) is 0. The predicted molar refractivity (Wildman–Crippen MR) is 71.7 cm³/mol. The number of aryl methyl sites for hydroxylation is 2. The third kappa shape index (κ3) is 2.84. The van der Waals surface area contributed by atoms with E-state index in [1.165, 1.54) is 6.21 Å². The van der Waals surface area contributed by atoms with Crippen molar-refractivity contribution in [3.05, 3.63) is 28.3 Å². The Kier molecular flexibility index (Phi) is 4.12. The van der Waals surface area contributed by atoms with Crippen LogP contribution in [0.3, 0.4) is 0 Å². The lowest BCUT2D eigenvalue weighted by molar-refractivity contribution is 0.0980. The molecule has 20 heavy (non-hydrogen) atoms. The van der Waals surface area contributed by atoms with Gasteiger partial charge in [0.25, 0.3) is 0 Å². The lowest BCUT2D eigenvalue weighted by Gasteiger charge is -2.17. The van der Waals surface area contributed by atoms with E-state index in [-0.39, 0.29) is 13.2 Å². The van der Waals surface area contributed by atoms with Gasteiger partial charge in [-0.25, -0.2) is 4.79 Å². The molecule has 1 aliphatic rings. The molecule has 2 rings (SSSR count). The molecule has 0 spiro atoms. The fraction of sp³-hybridized carbons (Fsp3) is 0.429. The first-order valence-electron chi connectivity index (χ1n) is 6.27. The third-order valence-corrected chi connectivity index (χ3v) is 3.21. The molecule has 0 amide bonds. The molecule has 1 saturated heterocycles. The second-order valence-electron chi connectivity index (χ2n) is 4.73. The molecule has 0 saturated carbocycles. The summed E-state index contributed by atoms with van der Waals surface area (Å²) in [5.74, 6) is 0.702. The first-order chi connectivity index (χ1) is 9.52. The standard InChI is InChI=1S/C14H17NO5/c1-8-4-9(2)13(10(3)12(8)5-15-17)18-6-11-7-19-14(16)20-11/h4-5,11,17H,6-7H2,1-3H3. The lowest BCUT2D eigenvalue weighted by atomic mass is 9.99. The van der Waals surface area contributed by atoms with Crippen LogP contribution in [0, 0.1) is 20.8 Å². The molecule has 1 aromatic carbocycles. The zero-order chi connectivity index (χ0) is 14.7. The minimum absolute atomic E-state index is 0.202. The Morgan fingerprint density at radius 2 is 2.20 bits per heavy atom. The highest BCUT2D eigenvalue weighted by Gasteiger charge is 2.26. The van der Waals surface area contributed by atoms with Crippen molar-refractivity contribution in [2.24, 2.45) is 5.16 Å². The van der Waals surface area contributed by atoms with Gasteiger partial charge < -0.3 is 19.4 Å². The second-order valence-corrected chi connectivity index (χ2v) is 4.73. The Bertz CT molecular complexity index is 553. The first kappa shape index (κ1) is 14.2. The first-order valence-corrected chi connectivity index (χ1v) is 6.27. The van der Waals surface area contributed by atoms with E-state index in [4.69, 9.17) is 19.4 Å². The number of cyclic esters (lactones) is 2. The monoisotopic (exact) mass is 279 g/mol. The van der Waals surface area contributed by atoms with Crippen molar-refractivity contribution in [3.8, 4) is 5.75 Å². The van der Waals surface area contributed by atoms with Crippen LogP contribution in [-0.4, -0.2) is 36.9 Å². The molecule has 1 aromatic rings. The summed E-state index contributed by atoms with van der Waals surface area (Å²) in [6, 6.07) is 1.95. The van der Waals surface area contributed by atoms with Crippen molar-refractivity contribution in [3.63, 3.8) is 0 Å². The van der Waals surface area contributed by atoms with Crippen molar-refractivity contribution < 1.29 is 24.2 Å². The summed E-state index contributed by atoms with van der Waals surface area (Å²) >= 11 is 0. The van der Waals surface area contributed by atoms with Crippen molar-refractivity contribution >= 4 is 12.4 Å². The van der Waals surface area contributed by atoms with Crippen molar-refractivity contribution in [1.82, 2.24) is 0 Å². The Morgan fingerprint density at radius 3 is 2.80 bits per heavy atom. The van der Waals surface area contributed by atoms with Gasteiger partial charge in [-0.3, -0.25) is 0 Å². The number of carbonyl (C=O) groups is 1. The number of nitrogens with zero attached hydrogens (tertiary/aromatic N) is 1. The molecule has 1 unspecified atom stereocenters. The Labute approximate surface area is 116 Å². The number of oxime groups is 1. The van der Waals surface area contributed by atoms with E-state index in [1.54, 1.807) is 0 Å². The molecule has 1 N–H and O–H groups in total. The molecule has 0 radical (unpaired) electrons. The molecule has 6 heteroatoms. The number of ether oxygens (including phenoxy) is 3. The van der Waals surface area contributed by atoms with E-state index in [0.29, 0.717) is 5.75 Å². The van der Waals surface area contributed by atoms with Gasteiger partial charge in [0.05, 0.1) is 6.21 Å². The van der Waals surface area contributed by atoms with Gasteiger partial charge >= 0.3 is 6.16 Å². The number of rotatable bonds is 4. The van der Waals surface area contributed by atoms with Gasteiger partial charge in [-0.2, -0.15) is 0 Å². The van der Waals surface area contributed by atoms with Crippen LogP contribution >= 0.6 is 0 Å². The van der Waals surface area contributed by atoms with Crippen LogP contribution in [-0.2, 0) is 9.47 Å². The topological polar surface area (TPSA) is 77.4 Å². The quantitative estimate of drug-likeness (QED) is 0.396. The van der Waals surface area contributed by atoms with E-state index in [0.717, 1.165) is 22.3 Å². The fourth-order valence-corrected chi connectivity index (χ4v) is 2.28. The normalized spacial score (nSPS) is 18.1.